The van der Waals surface area contributed by atoms with E-state index in [1.54, 1.807) is 0 Å². The number of nitrogens with zero attached hydrogens (tertiary/aromatic N) is 5. The van der Waals surface area contributed by atoms with Gasteiger partial charge >= 0.3 is 18.3 Å². The van der Waals surface area contributed by atoms with E-state index in [0.717, 1.165) is 44.8 Å². The maximum Gasteiger partial charge on any atom is 0.416 e. The van der Waals surface area contributed by atoms with Crippen LogP contribution in [0.4, 0.5) is 43.0 Å². The highest BCUT2D eigenvalue weighted by Crippen LogP contribution is 2.35. The van der Waals surface area contributed by atoms with Crippen LogP contribution < -0.4 is 9.80 Å². The van der Waals surface area contributed by atoms with E-state index in [4.69, 9.17) is 16.3 Å². The van der Waals surface area contributed by atoms with Gasteiger partial charge in [0.1, 0.15) is 22.7 Å². The number of aromatic nitrogens is 1. The molecule has 0 radical (unpaired) electrons. The number of likely N-dealkylation sites (N-methyl/N-ethyl adjacent to an activating group) is 1. The van der Waals surface area contributed by atoms with Crippen LogP contribution in [0.25, 0.3) is 0 Å². The van der Waals surface area contributed by atoms with Crippen LogP contribution in [0.3, 0.4) is 0 Å². The van der Waals surface area contributed by atoms with Crippen molar-refractivity contribution in [2.75, 3.05) is 49.6 Å². The second-order valence-corrected chi connectivity index (χ2v) is 9.62. The first-order valence-corrected chi connectivity index (χ1v) is 12.2. The smallest absolute Gasteiger partial charge is 0.416 e. The van der Waals surface area contributed by atoms with Crippen molar-refractivity contribution in [1.82, 2.24) is 14.8 Å². The molecule has 0 spiro atoms. The molecule has 4 rings (SSSR count). The first-order valence-electron chi connectivity index (χ1n) is 11.8. The number of ether oxygens (including phenoxy) is 1. The minimum atomic E-state index is -4.79. The zero-order valence-electron chi connectivity index (χ0n) is 21.1. The highest BCUT2D eigenvalue weighted by atomic mass is 35.5. The van der Waals surface area contributed by atoms with Gasteiger partial charge in [0, 0.05) is 19.3 Å². The second-order valence-electron chi connectivity index (χ2n) is 9.24. The average Bonchev–Trinajstić information content (AvgIpc) is 3.21. The van der Waals surface area contributed by atoms with E-state index in [2.05, 4.69) is 4.98 Å². The molecular formula is C24H23ClF5N5O5. The van der Waals surface area contributed by atoms with Gasteiger partial charge in [0.05, 0.1) is 43.6 Å². The zero-order valence-corrected chi connectivity index (χ0v) is 21.8. The molecule has 3 heterocycles. The van der Waals surface area contributed by atoms with Crippen LogP contribution in [0.2, 0.25) is 5.02 Å². The van der Waals surface area contributed by atoms with Gasteiger partial charge in [-0.25, -0.2) is 23.4 Å². The molecule has 4 amide bonds. The Hall–Kier alpha value is -3.72. The molecule has 0 aliphatic carbocycles. The lowest BCUT2D eigenvalue weighted by molar-refractivity contribution is -0.137. The number of anilines is 2. The molecule has 2 saturated heterocycles. The molecule has 0 bridgehead atoms. The number of aryl methyl sites for hydroxylation is 1. The Labute approximate surface area is 229 Å². The topological polar surface area (TPSA) is 107 Å². The number of carbonyl (C=O) groups is 3. The third-order valence-electron chi connectivity index (χ3n) is 6.52. The van der Waals surface area contributed by atoms with Crippen molar-refractivity contribution in [1.29, 1.82) is 0 Å². The van der Waals surface area contributed by atoms with Gasteiger partial charge in [-0.1, -0.05) is 11.6 Å². The summed E-state index contributed by atoms with van der Waals surface area (Å²) in [6.07, 6.45) is -6.77. The van der Waals surface area contributed by atoms with Gasteiger partial charge in [-0.3, -0.25) is 9.69 Å². The van der Waals surface area contributed by atoms with Crippen LogP contribution in [0.5, 0.6) is 0 Å². The van der Waals surface area contributed by atoms with E-state index < -0.39 is 70.1 Å². The minimum Gasteiger partial charge on any atom is -0.465 e. The Morgan fingerprint density at radius 1 is 1.23 bits per heavy atom. The van der Waals surface area contributed by atoms with Crippen molar-refractivity contribution in [3.63, 3.8) is 0 Å². The molecule has 2 aliphatic rings. The molecule has 2 aliphatic heterocycles. The number of amides is 4. The molecule has 0 saturated carbocycles. The van der Waals surface area contributed by atoms with Crippen LogP contribution >= 0.6 is 11.6 Å². The van der Waals surface area contributed by atoms with E-state index in [0.29, 0.717) is 6.07 Å². The zero-order chi connectivity index (χ0) is 29.5. The lowest BCUT2D eigenvalue weighted by Crippen LogP contribution is -2.49. The number of morpholine rings is 1. The molecule has 2 fully saturated rings. The molecular weight excluding hydrogens is 569 g/mol. The van der Waals surface area contributed by atoms with Gasteiger partial charge in [-0.15, -0.1) is 0 Å². The summed E-state index contributed by atoms with van der Waals surface area (Å²) in [5.41, 5.74) is -1.62. The average molecular weight is 592 g/mol. The summed E-state index contributed by atoms with van der Waals surface area (Å²) in [5.74, 6) is -3.71. The fourth-order valence-electron chi connectivity index (χ4n) is 4.56. The molecule has 2 atom stereocenters. The predicted octanol–water partition coefficient (Wildman–Crippen LogP) is 3.99. The number of urea groups is 1. The van der Waals surface area contributed by atoms with E-state index in [9.17, 15) is 41.4 Å². The van der Waals surface area contributed by atoms with Gasteiger partial charge in [0.25, 0.3) is 5.91 Å². The summed E-state index contributed by atoms with van der Waals surface area (Å²) in [6.45, 7) is 0.789. The first-order chi connectivity index (χ1) is 18.7. The van der Waals surface area contributed by atoms with Crippen molar-refractivity contribution in [3.8, 4) is 0 Å². The number of halogens is 6. The van der Waals surface area contributed by atoms with Crippen LogP contribution in [-0.4, -0.2) is 89.9 Å². The van der Waals surface area contributed by atoms with Crippen LogP contribution in [0.1, 0.15) is 11.3 Å². The monoisotopic (exact) mass is 591 g/mol. The van der Waals surface area contributed by atoms with Crippen LogP contribution in [-0.2, 0) is 15.7 Å². The molecule has 1 aromatic heterocycles. The third-order valence-corrected chi connectivity index (χ3v) is 6.87. The quantitative estimate of drug-likeness (QED) is 0.416. The highest BCUT2D eigenvalue weighted by molar-refractivity contribution is 6.31. The van der Waals surface area contributed by atoms with Crippen molar-refractivity contribution in [3.05, 3.63) is 52.2 Å². The Morgan fingerprint density at radius 2 is 1.93 bits per heavy atom. The minimum absolute atomic E-state index is 0.0484. The van der Waals surface area contributed by atoms with E-state index >= 15 is 0 Å². The van der Waals surface area contributed by atoms with E-state index in [-0.39, 0.29) is 38.5 Å². The van der Waals surface area contributed by atoms with Gasteiger partial charge in [0.2, 0.25) is 0 Å². The van der Waals surface area contributed by atoms with Crippen molar-refractivity contribution >= 4 is 41.1 Å². The third kappa shape index (κ3) is 5.75. The summed E-state index contributed by atoms with van der Waals surface area (Å²) < 4.78 is 74.7. The summed E-state index contributed by atoms with van der Waals surface area (Å²) in [6, 6.07) is 0.795. The highest BCUT2D eigenvalue weighted by Gasteiger charge is 2.46. The van der Waals surface area contributed by atoms with Crippen molar-refractivity contribution < 1.29 is 46.2 Å². The fraction of sp³-hybridized carbons (Fsp3) is 0.417. The number of benzene rings is 1. The Bertz CT molecular complexity index is 1350. The first kappa shape index (κ1) is 29.3. The molecule has 216 valence electrons. The number of carboxylic acid groups (broad SMARTS) is 1. The fourth-order valence-corrected chi connectivity index (χ4v) is 4.72. The molecule has 10 nitrogen and oxygen atoms in total. The Morgan fingerprint density at radius 3 is 2.58 bits per heavy atom. The Balaban J connectivity index is 1.71. The van der Waals surface area contributed by atoms with Crippen molar-refractivity contribution in [2.45, 2.75) is 25.2 Å². The second kappa shape index (κ2) is 11.0. The molecule has 2 aromatic rings. The number of carbonyl (C=O) groups excluding carboxylic acids is 2. The molecule has 2 unspecified atom stereocenters. The van der Waals surface area contributed by atoms with E-state index in [1.807, 2.05) is 0 Å². The standard InChI is InChI=1S/C24H23ClF5N5O5/c1-12-7-13(24(28,29)30)8-18(31-12)35-17(21(36)32(2)16-4-3-15(26)19(25)20(16)27)11-34(22(35)37)10-14-9-33(23(38)39)5-6-40-14/h3-4,7-8,14,17H,5-6,9-11H2,1-2H3,(H,38,39). The number of pyridine rings is 1. The Kier molecular flexibility index (Phi) is 8.08. The normalized spacial score (nSPS) is 19.8. The largest absolute Gasteiger partial charge is 0.465 e. The lowest BCUT2D eigenvalue weighted by Gasteiger charge is -2.33. The predicted molar refractivity (Wildman–Crippen MR) is 131 cm³/mol. The van der Waals surface area contributed by atoms with E-state index in [1.165, 1.54) is 6.92 Å². The molecule has 40 heavy (non-hydrogen) atoms. The molecule has 1 N–H and O–H groups in total. The molecule has 1 aromatic carbocycles. The summed E-state index contributed by atoms with van der Waals surface area (Å²) in [7, 11) is 1.14. The summed E-state index contributed by atoms with van der Waals surface area (Å²) >= 11 is 5.65. The van der Waals surface area contributed by atoms with Gasteiger partial charge < -0.3 is 24.5 Å². The number of rotatable bonds is 5. The van der Waals surface area contributed by atoms with Gasteiger partial charge in [-0.05, 0) is 31.2 Å². The van der Waals surface area contributed by atoms with Gasteiger partial charge in [0.15, 0.2) is 5.82 Å². The van der Waals surface area contributed by atoms with Crippen LogP contribution in [0, 0.1) is 18.6 Å². The summed E-state index contributed by atoms with van der Waals surface area (Å²) in [4.78, 5) is 46.3. The summed E-state index contributed by atoms with van der Waals surface area (Å²) in [5, 5.41) is 8.42. The number of hydrogen-bond donors (Lipinski definition) is 1. The SMILES string of the molecule is Cc1cc(C(F)(F)F)cc(N2C(=O)N(CC3CN(C(=O)O)CCO3)CC2C(=O)N(C)c2ccc(F)c(Cl)c2F)n1. The van der Waals surface area contributed by atoms with Crippen LogP contribution in [0.15, 0.2) is 24.3 Å². The maximum atomic E-state index is 14.7. The maximum absolute atomic E-state index is 14.7. The van der Waals surface area contributed by atoms with Gasteiger partial charge in [-0.2, -0.15) is 13.2 Å². The molecule has 16 heteroatoms. The number of alkyl halides is 3. The number of hydrogen-bond acceptors (Lipinski definition) is 5. The lowest BCUT2D eigenvalue weighted by atomic mass is 10.1. The van der Waals surface area contributed by atoms with Crippen molar-refractivity contribution in [2.24, 2.45) is 0 Å².